The fraction of sp³-hybridized carbons (Fsp3) is 0.231. The quantitative estimate of drug-likeness (QED) is 0.728. The molecule has 0 saturated heterocycles. The number of nitrogens with two attached hydrogens (primary N) is 1. The predicted molar refractivity (Wildman–Crippen MR) is 76.3 cm³/mol. The van der Waals surface area contributed by atoms with Gasteiger partial charge in [0.15, 0.2) is 0 Å². The molecule has 0 aliphatic carbocycles. The molecule has 2 aromatic heterocycles. The Morgan fingerprint density at radius 2 is 2.37 bits per heavy atom. The lowest BCUT2D eigenvalue weighted by Gasteiger charge is -2.02. The number of nitrogens with zero attached hydrogens (tertiary/aromatic N) is 1. The lowest BCUT2D eigenvalue weighted by molar-refractivity contribution is 0.102. The number of hydrogen-bond acceptors (Lipinski definition) is 4. The molecule has 0 bridgehead atoms. The van der Waals surface area contributed by atoms with E-state index in [1.165, 1.54) is 11.3 Å². The second kappa shape index (κ2) is 5.69. The first-order chi connectivity index (χ1) is 9.11. The van der Waals surface area contributed by atoms with Gasteiger partial charge in [0, 0.05) is 5.38 Å². The SMILES string of the molecule is Cc1n[nH]c(C)c1NC(=O)c1csc(C#CCN)c1. The highest BCUT2D eigenvalue weighted by Crippen LogP contribution is 2.19. The van der Waals surface area contributed by atoms with E-state index < -0.39 is 0 Å². The third kappa shape index (κ3) is 3.02. The van der Waals surface area contributed by atoms with Crippen molar-refractivity contribution in [3.8, 4) is 11.8 Å². The Morgan fingerprint density at radius 1 is 1.58 bits per heavy atom. The van der Waals surface area contributed by atoms with Crippen LogP contribution >= 0.6 is 11.3 Å². The highest BCUT2D eigenvalue weighted by Gasteiger charge is 2.13. The zero-order valence-electron chi connectivity index (χ0n) is 10.7. The summed E-state index contributed by atoms with van der Waals surface area (Å²) < 4.78 is 0. The summed E-state index contributed by atoms with van der Waals surface area (Å²) >= 11 is 1.43. The van der Waals surface area contributed by atoms with Crippen LogP contribution in [0.15, 0.2) is 11.4 Å². The van der Waals surface area contributed by atoms with Crippen LogP contribution in [-0.2, 0) is 0 Å². The monoisotopic (exact) mass is 274 g/mol. The number of carbonyl (C=O) groups excluding carboxylic acids is 1. The molecule has 98 valence electrons. The summed E-state index contributed by atoms with van der Waals surface area (Å²) in [5.41, 5.74) is 8.23. The molecule has 2 heterocycles. The molecule has 0 aliphatic heterocycles. The Balaban J connectivity index is 2.14. The summed E-state index contributed by atoms with van der Waals surface area (Å²) in [5.74, 6) is 5.51. The van der Waals surface area contributed by atoms with Gasteiger partial charge >= 0.3 is 0 Å². The Hall–Kier alpha value is -2.10. The summed E-state index contributed by atoms with van der Waals surface area (Å²) in [4.78, 5) is 12.9. The number of aromatic nitrogens is 2. The van der Waals surface area contributed by atoms with E-state index in [0.29, 0.717) is 12.1 Å². The highest BCUT2D eigenvalue weighted by atomic mass is 32.1. The van der Waals surface area contributed by atoms with Crippen molar-refractivity contribution in [3.63, 3.8) is 0 Å². The first-order valence-electron chi connectivity index (χ1n) is 5.72. The molecular weight excluding hydrogens is 260 g/mol. The highest BCUT2D eigenvalue weighted by molar-refractivity contribution is 7.10. The van der Waals surface area contributed by atoms with Crippen LogP contribution in [0.4, 0.5) is 5.69 Å². The second-order valence-electron chi connectivity index (χ2n) is 3.97. The van der Waals surface area contributed by atoms with E-state index >= 15 is 0 Å². The maximum absolute atomic E-state index is 12.1. The first kappa shape index (κ1) is 13.3. The van der Waals surface area contributed by atoms with Crippen LogP contribution in [0.2, 0.25) is 0 Å². The van der Waals surface area contributed by atoms with Gasteiger partial charge in [-0.15, -0.1) is 11.3 Å². The molecule has 1 amide bonds. The fourth-order valence-corrected chi connectivity index (χ4v) is 2.33. The van der Waals surface area contributed by atoms with Gasteiger partial charge in [0.2, 0.25) is 0 Å². The molecule has 5 nitrogen and oxygen atoms in total. The molecular formula is C13H14N4OS. The van der Waals surface area contributed by atoms with E-state index in [0.717, 1.165) is 22.0 Å². The third-order valence-corrected chi connectivity index (χ3v) is 3.39. The minimum Gasteiger partial charge on any atom is -0.320 e. The van der Waals surface area contributed by atoms with Crippen LogP contribution in [0.1, 0.15) is 26.6 Å². The minimum atomic E-state index is -0.162. The zero-order valence-corrected chi connectivity index (χ0v) is 11.5. The van der Waals surface area contributed by atoms with Crippen molar-refractivity contribution in [3.05, 3.63) is 33.3 Å². The molecule has 0 aromatic carbocycles. The van der Waals surface area contributed by atoms with E-state index in [1.54, 1.807) is 11.4 Å². The van der Waals surface area contributed by atoms with Gasteiger partial charge in [0.05, 0.1) is 34.1 Å². The van der Waals surface area contributed by atoms with Crippen LogP contribution in [0.25, 0.3) is 0 Å². The van der Waals surface area contributed by atoms with Crippen LogP contribution in [0, 0.1) is 25.7 Å². The van der Waals surface area contributed by atoms with Crippen molar-refractivity contribution in [1.29, 1.82) is 0 Å². The van der Waals surface area contributed by atoms with Crippen LogP contribution < -0.4 is 11.1 Å². The molecule has 19 heavy (non-hydrogen) atoms. The summed E-state index contributed by atoms with van der Waals surface area (Å²) in [6, 6.07) is 1.76. The first-order valence-corrected chi connectivity index (χ1v) is 6.60. The lowest BCUT2D eigenvalue weighted by atomic mass is 10.2. The van der Waals surface area contributed by atoms with E-state index in [-0.39, 0.29) is 5.91 Å². The summed E-state index contributed by atoms with van der Waals surface area (Å²) in [6.07, 6.45) is 0. The van der Waals surface area contributed by atoms with Crippen molar-refractivity contribution < 1.29 is 4.79 Å². The van der Waals surface area contributed by atoms with Crippen LogP contribution in [0.5, 0.6) is 0 Å². The van der Waals surface area contributed by atoms with Crippen LogP contribution in [0.3, 0.4) is 0 Å². The number of amides is 1. The maximum Gasteiger partial charge on any atom is 0.256 e. The van der Waals surface area contributed by atoms with Crippen molar-refractivity contribution in [1.82, 2.24) is 10.2 Å². The Bertz CT molecular complexity index is 640. The summed E-state index contributed by atoms with van der Waals surface area (Å²) in [5, 5.41) is 11.5. The predicted octanol–water partition coefficient (Wildman–Crippen LogP) is 1.65. The number of aromatic amines is 1. The number of aryl methyl sites for hydroxylation is 2. The molecule has 4 N–H and O–H groups in total. The number of nitrogens with one attached hydrogen (secondary N) is 2. The average Bonchev–Trinajstić information content (AvgIpc) is 2.98. The largest absolute Gasteiger partial charge is 0.320 e. The molecule has 6 heteroatoms. The Kier molecular flexibility index (Phi) is 4.00. The van der Waals surface area contributed by atoms with Gasteiger partial charge < -0.3 is 11.1 Å². The van der Waals surface area contributed by atoms with Gasteiger partial charge in [-0.25, -0.2) is 0 Å². The van der Waals surface area contributed by atoms with Crippen molar-refractivity contribution in [2.75, 3.05) is 11.9 Å². The standard InChI is InChI=1S/C13H14N4OS/c1-8-12(9(2)17-16-8)15-13(18)10-6-11(19-7-10)4-3-5-14/h6-7H,5,14H2,1-2H3,(H,15,18)(H,16,17). The van der Waals surface area contributed by atoms with Gasteiger partial charge in [-0.05, 0) is 19.9 Å². The smallest absolute Gasteiger partial charge is 0.256 e. The van der Waals surface area contributed by atoms with Crippen molar-refractivity contribution in [2.24, 2.45) is 5.73 Å². The van der Waals surface area contributed by atoms with Crippen molar-refractivity contribution in [2.45, 2.75) is 13.8 Å². The number of anilines is 1. The molecule has 0 atom stereocenters. The number of rotatable bonds is 2. The van der Waals surface area contributed by atoms with Crippen molar-refractivity contribution >= 4 is 22.9 Å². The van der Waals surface area contributed by atoms with Crippen LogP contribution in [-0.4, -0.2) is 22.6 Å². The number of hydrogen-bond donors (Lipinski definition) is 3. The van der Waals surface area contributed by atoms with E-state index in [2.05, 4.69) is 27.4 Å². The molecule has 0 aliphatic rings. The molecule has 2 rings (SSSR count). The number of carbonyl (C=O) groups is 1. The fourth-order valence-electron chi connectivity index (χ4n) is 1.58. The molecule has 2 aromatic rings. The molecule has 0 spiro atoms. The van der Waals surface area contributed by atoms with Gasteiger partial charge in [-0.3, -0.25) is 9.89 Å². The van der Waals surface area contributed by atoms with Gasteiger partial charge in [-0.2, -0.15) is 5.10 Å². The van der Waals surface area contributed by atoms with Gasteiger partial charge in [0.1, 0.15) is 0 Å². The average molecular weight is 274 g/mol. The second-order valence-corrected chi connectivity index (χ2v) is 4.88. The summed E-state index contributed by atoms with van der Waals surface area (Å²) in [7, 11) is 0. The minimum absolute atomic E-state index is 0.162. The molecule has 0 fully saturated rings. The normalized spacial score (nSPS) is 9.84. The summed E-state index contributed by atoms with van der Waals surface area (Å²) in [6.45, 7) is 4.01. The number of thiophene rings is 1. The van der Waals surface area contributed by atoms with E-state index in [9.17, 15) is 4.79 Å². The molecule has 0 unspecified atom stereocenters. The Labute approximate surface area is 115 Å². The van der Waals surface area contributed by atoms with E-state index in [4.69, 9.17) is 5.73 Å². The lowest BCUT2D eigenvalue weighted by Crippen LogP contribution is -2.11. The Morgan fingerprint density at radius 3 is 3.00 bits per heavy atom. The number of H-pyrrole nitrogens is 1. The van der Waals surface area contributed by atoms with E-state index in [1.807, 2.05) is 13.8 Å². The topological polar surface area (TPSA) is 83.8 Å². The maximum atomic E-state index is 12.1. The zero-order chi connectivity index (χ0) is 13.8. The third-order valence-electron chi connectivity index (χ3n) is 2.54. The van der Waals surface area contributed by atoms with Gasteiger partial charge in [-0.1, -0.05) is 11.8 Å². The molecule has 0 saturated carbocycles. The molecule has 0 radical (unpaired) electrons. The van der Waals surface area contributed by atoms with Gasteiger partial charge in [0.25, 0.3) is 5.91 Å².